The SMILES string of the molecule is CCC1/C(c2ccccc2)=N\C(c2ccc3c(c2)C2(c4ccccc4-c4ccccc42)c2ccccc2-3)=C(/C)CCC1c1ccc(-c2cc(C)nc(C)n2)cc1. The minimum atomic E-state index is -0.385. The zero-order valence-electron chi connectivity index (χ0n) is 32.6. The molecule has 0 saturated heterocycles. The van der Waals surface area contributed by atoms with Crippen LogP contribution < -0.4 is 0 Å². The lowest BCUT2D eigenvalue weighted by Crippen LogP contribution is -2.26. The van der Waals surface area contributed by atoms with Crippen LogP contribution >= 0.6 is 0 Å². The number of aromatic nitrogens is 2. The van der Waals surface area contributed by atoms with E-state index in [0.29, 0.717) is 5.92 Å². The van der Waals surface area contributed by atoms with Crippen LogP contribution in [0.15, 0.2) is 162 Å². The standard InChI is InChI=1S/C53H45N3/c1-5-40-41(36-24-26-37(27-25-36)50-31-34(3)54-35(4)55-50)29-23-33(2)51(56-52(40)38-15-7-6-8-16-38)39-28-30-45-44-19-11-14-22-48(44)53(49(45)32-39)46-20-12-9-17-42(46)43-18-10-13-21-47(43)53/h6-22,24-28,30-32,40-41H,5,23,29H2,1-4H3/b51-33+,56-52-. The van der Waals surface area contributed by atoms with E-state index >= 15 is 0 Å². The molecule has 0 bridgehead atoms. The van der Waals surface area contributed by atoms with E-state index in [9.17, 15) is 0 Å². The van der Waals surface area contributed by atoms with E-state index in [1.54, 1.807) is 0 Å². The molecular weight excluding hydrogens is 679 g/mol. The molecule has 2 aliphatic carbocycles. The van der Waals surface area contributed by atoms with Gasteiger partial charge in [-0.2, -0.15) is 0 Å². The molecule has 1 aromatic heterocycles. The molecule has 3 heteroatoms. The molecule has 0 radical (unpaired) electrons. The lowest BCUT2D eigenvalue weighted by Gasteiger charge is -2.32. The molecule has 10 rings (SSSR count). The van der Waals surface area contributed by atoms with Gasteiger partial charge >= 0.3 is 0 Å². The third-order valence-electron chi connectivity index (χ3n) is 12.7. The molecule has 3 aliphatic rings. The van der Waals surface area contributed by atoms with Gasteiger partial charge in [-0.3, -0.25) is 4.99 Å². The fourth-order valence-corrected chi connectivity index (χ4v) is 10.3. The molecule has 1 spiro atoms. The Labute approximate surface area is 330 Å². The fourth-order valence-electron chi connectivity index (χ4n) is 10.3. The summed E-state index contributed by atoms with van der Waals surface area (Å²) in [5.74, 6) is 1.37. The number of hydrogen-bond donors (Lipinski definition) is 0. The molecule has 7 aromatic rings. The molecule has 0 fully saturated rings. The van der Waals surface area contributed by atoms with E-state index in [1.165, 1.54) is 72.5 Å². The molecule has 6 aromatic carbocycles. The van der Waals surface area contributed by atoms with Crippen LogP contribution in [0, 0.1) is 19.8 Å². The van der Waals surface area contributed by atoms with E-state index < -0.39 is 0 Å². The Kier molecular flexibility index (Phi) is 8.29. The first kappa shape index (κ1) is 34.3. The van der Waals surface area contributed by atoms with Crippen molar-refractivity contribution in [2.24, 2.45) is 10.9 Å². The molecule has 0 saturated carbocycles. The van der Waals surface area contributed by atoms with Gasteiger partial charge in [0.2, 0.25) is 0 Å². The van der Waals surface area contributed by atoms with Crippen molar-refractivity contribution in [1.82, 2.24) is 9.97 Å². The van der Waals surface area contributed by atoms with E-state index in [2.05, 4.69) is 170 Å². The summed E-state index contributed by atoms with van der Waals surface area (Å²) in [6, 6.07) is 56.5. The monoisotopic (exact) mass is 723 g/mol. The minimum absolute atomic E-state index is 0.244. The maximum atomic E-state index is 5.83. The summed E-state index contributed by atoms with van der Waals surface area (Å²) >= 11 is 0. The number of rotatable bonds is 5. The highest BCUT2D eigenvalue weighted by Gasteiger charge is 2.51. The molecule has 0 amide bonds. The van der Waals surface area contributed by atoms with Crippen molar-refractivity contribution in [1.29, 1.82) is 0 Å². The van der Waals surface area contributed by atoms with Crippen molar-refractivity contribution >= 4 is 11.4 Å². The summed E-state index contributed by atoms with van der Waals surface area (Å²) in [5, 5.41) is 0. The van der Waals surface area contributed by atoms with Gasteiger partial charge in [-0.15, -0.1) is 0 Å². The first-order valence-electron chi connectivity index (χ1n) is 20.2. The average molecular weight is 724 g/mol. The predicted octanol–water partition coefficient (Wildman–Crippen LogP) is 12.9. The first-order valence-corrected chi connectivity index (χ1v) is 20.2. The second-order valence-electron chi connectivity index (χ2n) is 15.9. The van der Waals surface area contributed by atoms with Gasteiger partial charge in [0.25, 0.3) is 0 Å². The van der Waals surface area contributed by atoms with Gasteiger partial charge in [0.1, 0.15) is 5.82 Å². The maximum absolute atomic E-state index is 5.83. The topological polar surface area (TPSA) is 38.1 Å². The molecule has 1 aliphatic heterocycles. The van der Waals surface area contributed by atoms with Crippen molar-refractivity contribution in [3.63, 3.8) is 0 Å². The van der Waals surface area contributed by atoms with Crippen LogP contribution in [0.1, 0.15) is 89.5 Å². The molecule has 56 heavy (non-hydrogen) atoms. The van der Waals surface area contributed by atoms with Gasteiger partial charge < -0.3 is 0 Å². The van der Waals surface area contributed by atoms with Gasteiger partial charge in [-0.05, 0) is 119 Å². The molecule has 272 valence electrons. The Morgan fingerprint density at radius 3 is 1.73 bits per heavy atom. The van der Waals surface area contributed by atoms with Crippen LogP contribution in [0.2, 0.25) is 0 Å². The zero-order chi connectivity index (χ0) is 38.0. The van der Waals surface area contributed by atoms with Crippen LogP contribution in [0.3, 0.4) is 0 Å². The number of allylic oxidation sites excluding steroid dienone is 1. The van der Waals surface area contributed by atoms with Crippen LogP contribution in [0.4, 0.5) is 0 Å². The lowest BCUT2D eigenvalue weighted by molar-refractivity contribution is 0.486. The zero-order valence-corrected chi connectivity index (χ0v) is 32.6. The van der Waals surface area contributed by atoms with Gasteiger partial charge in [-0.25, -0.2) is 9.97 Å². The number of aliphatic imine (C=N–C) groups is 1. The fraction of sp³-hybridized carbons (Fsp3) is 0.189. The molecular formula is C53H45N3. The van der Waals surface area contributed by atoms with Crippen molar-refractivity contribution in [3.8, 4) is 33.5 Å². The highest BCUT2D eigenvalue weighted by atomic mass is 14.9. The van der Waals surface area contributed by atoms with Gasteiger partial charge in [0.05, 0.1) is 22.5 Å². The second kappa shape index (κ2) is 13.5. The van der Waals surface area contributed by atoms with Crippen LogP contribution in [-0.4, -0.2) is 15.7 Å². The summed E-state index contributed by atoms with van der Waals surface area (Å²) in [6.45, 7) is 8.64. The van der Waals surface area contributed by atoms with Crippen molar-refractivity contribution in [3.05, 3.63) is 208 Å². The Morgan fingerprint density at radius 1 is 0.554 bits per heavy atom. The third-order valence-corrected chi connectivity index (χ3v) is 12.7. The average Bonchev–Trinajstić information content (AvgIpc) is 3.69. The quantitative estimate of drug-likeness (QED) is 0.177. The molecule has 2 atom stereocenters. The first-order chi connectivity index (χ1) is 27.4. The smallest absolute Gasteiger partial charge is 0.126 e. The lowest BCUT2D eigenvalue weighted by atomic mass is 9.70. The van der Waals surface area contributed by atoms with Crippen LogP contribution in [0.5, 0.6) is 0 Å². The van der Waals surface area contributed by atoms with Crippen molar-refractivity contribution < 1.29 is 0 Å². The van der Waals surface area contributed by atoms with Gasteiger partial charge in [-0.1, -0.05) is 146 Å². The Balaban J connectivity index is 1.12. The summed E-state index contributed by atoms with van der Waals surface area (Å²) in [6.07, 6.45) is 3.01. The van der Waals surface area contributed by atoms with E-state index in [-0.39, 0.29) is 11.3 Å². The highest BCUT2D eigenvalue weighted by molar-refractivity contribution is 6.06. The summed E-state index contributed by atoms with van der Waals surface area (Å²) < 4.78 is 0. The second-order valence-corrected chi connectivity index (χ2v) is 15.9. The Hall–Kier alpha value is -6.19. The van der Waals surface area contributed by atoms with E-state index in [0.717, 1.165) is 47.7 Å². The largest absolute Gasteiger partial charge is 0.252 e. The van der Waals surface area contributed by atoms with Gasteiger partial charge in [0, 0.05) is 22.7 Å². The van der Waals surface area contributed by atoms with Crippen molar-refractivity contribution in [2.75, 3.05) is 0 Å². The number of aryl methyl sites for hydroxylation is 2. The molecule has 2 heterocycles. The Bertz CT molecular complexity index is 2630. The normalized spacial score (nSPS) is 20.0. The maximum Gasteiger partial charge on any atom is 0.126 e. The molecule has 3 nitrogen and oxygen atoms in total. The summed E-state index contributed by atoms with van der Waals surface area (Å²) in [5.41, 5.74) is 20.8. The van der Waals surface area contributed by atoms with Crippen molar-refractivity contribution in [2.45, 2.75) is 58.3 Å². The van der Waals surface area contributed by atoms with Gasteiger partial charge in [0.15, 0.2) is 0 Å². The van der Waals surface area contributed by atoms with E-state index in [1.807, 2.05) is 13.8 Å². The number of fused-ring (bicyclic) bond motifs is 10. The number of hydrogen-bond acceptors (Lipinski definition) is 3. The molecule has 0 N–H and O–H groups in total. The predicted molar refractivity (Wildman–Crippen MR) is 231 cm³/mol. The highest BCUT2D eigenvalue weighted by Crippen LogP contribution is 2.63. The minimum Gasteiger partial charge on any atom is -0.252 e. The van der Waals surface area contributed by atoms with Crippen LogP contribution in [-0.2, 0) is 5.41 Å². The molecule has 2 unspecified atom stereocenters. The number of nitrogens with zero attached hydrogens (tertiary/aromatic N) is 3. The third kappa shape index (κ3) is 5.28. The van der Waals surface area contributed by atoms with E-state index in [4.69, 9.17) is 9.98 Å². The summed E-state index contributed by atoms with van der Waals surface area (Å²) in [7, 11) is 0. The van der Waals surface area contributed by atoms with Crippen LogP contribution in [0.25, 0.3) is 39.2 Å². The summed E-state index contributed by atoms with van der Waals surface area (Å²) in [4.78, 5) is 15.1. The Morgan fingerprint density at radius 2 is 1.12 bits per heavy atom. The number of benzene rings is 6.